The van der Waals surface area contributed by atoms with E-state index in [0.717, 1.165) is 18.5 Å². The number of carbonyl (C=O) groups excluding carboxylic acids is 2. The average molecular weight is 345 g/mol. The molecule has 2 amide bonds. The van der Waals surface area contributed by atoms with Crippen LogP contribution < -0.4 is 20.1 Å². The molecule has 8 heteroatoms. The lowest BCUT2D eigenvalue weighted by atomic mass is 10.2. The van der Waals surface area contributed by atoms with E-state index in [9.17, 15) is 9.59 Å². The molecule has 1 unspecified atom stereocenters. The second-order valence-electron chi connectivity index (χ2n) is 5.51. The summed E-state index contributed by atoms with van der Waals surface area (Å²) in [6.45, 7) is 0.782. The van der Waals surface area contributed by atoms with Crippen molar-refractivity contribution in [2.45, 2.75) is 18.9 Å². The van der Waals surface area contributed by atoms with E-state index in [4.69, 9.17) is 9.47 Å². The van der Waals surface area contributed by atoms with Crippen LogP contribution in [0.15, 0.2) is 24.3 Å². The Bertz CT molecular complexity index is 804. The number of aromatic nitrogens is 1. The summed E-state index contributed by atoms with van der Waals surface area (Å²) in [5.74, 6) is 0.692. The molecule has 0 radical (unpaired) electrons. The van der Waals surface area contributed by atoms with Crippen LogP contribution in [0.3, 0.4) is 0 Å². The Labute approximate surface area is 142 Å². The number of hydrogen-bond donors (Lipinski definition) is 2. The minimum atomic E-state index is -0.752. The fraction of sp³-hybridized carbons (Fsp3) is 0.312. The van der Waals surface area contributed by atoms with Gasteiger partial charge in [-0.15, -0.1) is 0 Å². The van der Waals surface area contributed by atoms with Crippen LogP contribution in [-0.4, -0.2) is 36.1 Å². The highest BCUT2D eigenvalue weighted by Gasteiger charge is 2.29. The Morgan fingerprint density at radius 2 is 2.17 bits per heavy atom. The number of carbonyl (C=O) groups is 2. The van der Waals surface area contributed by atoms with Crippen molar-refractivity contribution in [3.8, 4) is 11.5 Å². The van der Waals surface area contributed by atoms with E-state index in [1.165, 1.54) is 11.3 Å². The van der Waals surface area contributed by atoms with Crippen molar-refractivity contribution in [2.75, 3.05) is 18.5 Å². The average Bonchev–Trinajstić information content (AvgIpc) is 2.93. The van der Waals surface area contributed by atoms with Crippen LogP contribution in [0.1, 0.15) is 21.8 Å². The van der Waals surface area contributed by atoms with Crippen LogP contribution >= 0.6 is 11.3 Å². The van der Waals surface area contributed by atoms with Crippen LogP contribution in [0, 0.1) is 0 Å². The van der Waals surface area contributed by atoms with Gasteiger partial charge in [-0.25, -0.2) is 4.98 Å². The predicted molar refractivity (Wildman–Crippen MR) is 87.8 cm³/mol. The lowest BCUT2D eigenvalue weighted by Crippen LogP contribution is -2.40. The minimum absolute atomic E-state index is 0.133. The predicted octanol–water partition coefficient (Wildman–Crippen LogP) is 1.60. The first-order valence-corrected chi connectivity index (χ1v) is 8.49. The normalized spacial score (nSPS) is 19.0. The Balaban J connectivity index is 1.47. The molecule has 2 aliphatic heterocycles. The number of benzene rings is 1. The summed E-state index contributed by atoms with van der Waals surface area (Å²) < 4.78 is 11.2. The molecule has 1 aromatic heterocycles. The Kier molecular flexibility index (Phi) is 3.81. The van der Waals surface area contributed by atoms with Crippen molar-refractivity contribution in [3.63, 3.8) is 0 Å². The number of aryl methyl sites for hydroxylation is 1. The topological polar surface area (TPSA) is 89.6 Å². The van der Waals surface area contributed by atoms with Gasteiger partial charge in [-0.3, -0.25) is 14.9 Å². The maximum absolute atomic E-state index is 12.4. The van der Waals surface area contributed by atoms with Crippen LogP contribution in [0.4, 0.5) is 5.13 Å². The SMILES string of the molecule is O=C1NCCCc2nc(NC(=O)C3COc4ccccc4O3)sc21. The monoisotopic (exact) mass is 345 g/mol. The molecule has 1 atom stereocenters. The van der Waals surface area contributed by atoms with Gasteiger partial charge in [0.25, 0.3) is 11.8 Å². The number of rotatable bonds is 2. The molecule has 0 aliphatic carbocycles. The van der Waals surface area contributed by atoms with Crippen LogP contribution in [0.2, 0.25) is 0 Å². The number of ether oxygens (including phenoxy) is 2. The third-order valence-corrected chi connectivity index (χ3v) is 4.82. The van der Waals surface area contributed by atoms with E-state index in [0.29, 0.717) is 28.1 Å². The molecule has 4 rings (SSSR count). The molecule has 24 heavy (non-hydrogen) atoms. The largest absolute Gasteiger partial charge is 0.485 e. The standard InChI is InChI=1S/C16H15N3O4S/c20-14(12-8-22-10-5-1-2-6-11(10)23-12)19-16-18-9-4-3-7-17-15(21)13(9)24-16/h1-2,5-6,12H,3-4,7-8H2,(H,17,21)(H,18,19,20). The summed E-state index contributed by atoms with van der Waals surface area (Å²) in [5, 5.41) is 5.95. The third-order valence-electron chi connectivity index (χ3n) is 3.81. The fourth-order valence-corrected chi connectivity index (χ4v) is 3.56. The highest BCUT2D eigenvalue weighted by Crippen LogP contribution is 2.31. The number of para-hydroxylation sites is 2. The molecule has 0 spiro atoms. The molecule has 0 fully saturated rings. The van der Waals surface area contributed by atoms with Crippen molar-refractivity contribution in [1.29, 1.82) is 0 Å². The summed E-state index contributed by atoms with van der Waals surface area (Å²) in [4.78, 5) is 29.3. The summed E-state index contributed by atoms with van der Waals surface area (Å²) in [7, 11) is 0. The van der Waals surface area contributed by atoms with Crippen LogP contribution in [-0.2, 0) is 11.2 Å². The van der Waals surface area contributed by atoms with Gasteiger partial charge in [0.1, 0.15) is 11.5 Å². The number of nitrogens with zero attached hydrogens (tertiary/aromatic N) is 1. The molecule has 1 aromatic carbocycles. The molecule has 124 valence electrons. The van der Waals surface area contributed by atoms with Gasteiger partial charge < -0.3 is 14.8 Å². The first kappa shape index (κ1) is 14.9. The maximum atomic E-state index is 12.4. The molecule has 2 N–H and O–H groups in total. The highest BCUT2D eigenvalue weighted by atomic mass is 32.1. The van der Waals surface area contributed by atoms with Crippen LogP contribution in [0.5, 0.6) is 11.5 Å². The molecule has 7 nitrogen and oxygen atoms in total. The molecular weight excluding hydrogens is 330 g/mol. The summed E-state index contributed by atoms with van der Waals surface area (Å²) >= 11 is 1.18. The number of nitrogens with one attached hydrogen (secondary N) is 2. The zero-order chi connectivity index (χ0) is 16.5. The van der Waals surface area contributed by atoms with E-state index >= 15 is 0 Å². The first-order valence-electron chi connectivity index (χ1n) is 7.68. The lowest BCUT2D eigenvalue weighted by Gasteiger charge is -2.25. The van der Waals surface area contributed by atoms with E-state index in [1.807, 2.05) is 12.1 Å². The van der Waals surface area contributed by atoms with Gasteiger partial charge in [0.2, 0.25) is 6.10 Å². The summed E-state index contributed by atoms with van der Waals surface area (Å²) in [6.07, 6.45) is 0.806. The number of fused-ring (bicyclic) bond motifs is 2. The molecular formula is C16H15N3O4S. The van der Waals surface area contributed by atoms with E-state index in [-0.39, 0.29) is 18.4 Å². The van der Waals surface area contributed by atoms with E-state index in [2.05, 4.69) is 15.6 Å². The van der Waals surface area contributed by atoms with Gasteiger partial charge in [0, 0.05) is 6.54 Å². The number of anilines is 1. The third kappa shape index (κ3) is 2.80. The molecule has 0 saturated carbocycles. The van der Waals surface area contributed by atoms with Crippen molar-refractivity contribution in [3.05, 3.63) is 34.8 Å². The van der Waals surface area contributed by atoms with Gasteiger partial charge in [0.05, 0.1) is 5.69 Å². The second kappa shape index (κ2) is 6.12. The van der Waals surface area contributed by atoms with E-state index in [1.54, 1.807) is 12.1 Å². The van der Waals surface area contributed by atoms with Crippen molar-refractivity contribution in [1.82, 2.24) is 10.3 Å². The Morgan fingerprint density at radius 3 is 3.04 bits per heavy atom. The first-order chi connectivity index (χ1) is 11.7. The maximum Gasteiger partial charge on any atom is 0.270 e. The van der Waals surface area contributed by atoms with Crippen molar-refractivity contribution < 1.29 is 19.1 Å². The molecule has 0 saturated heterocycles. The van der Waals surface area contributed by atoms with Gasteiger partial charge in [-0.2, -0.15) is 0 Å². The lowest BCUT2D eigenvalue weighted by molar-refractivity contribution is -0.125. The minimum Gasteiger partial charge on any atom is -0.485 e. The number of thiazole rings is 1. The quantitative estimate of drug-likeness (QED) is 0.863. The number of hydrogen-bond acceptors (Lipinski definition) is 6. The van der Waals surface area contributed by atoms with Gasteiger partial charge in [0.15, 0.2) is 16.6 Å². The molecule has 2 aromatic rings. The van der Waals surface area contributed by atoms with Crippen molar-refractivity contribution in [2.24, 2.45) is 0 Å². The summed E-state index contributed by atoms with van der Waals surface area (Å²) in [5.41, 5.74) is 0.733. The number of amides is 2. The molecule has 2 aliphatic rings. The molecule has 3 heterocycles. The second-order valence-corrected chi connectivity index (χ2v) is 6.51. The zero-order valence-corrected chi connectivity index (χ0v) is 13.5. The van der Waals surface area contributed by atoms with Crippen LogP contribution in [0.25, 0.3) is 0 Å². The molecule has 0 bridgehead atoms. The smallest absolute Gasteiger partial charge is 0.270 e. The Morgan fingerprint density at radius 1 is 1.33 bits per heavy atom. The van der Waals surface area contributed by atoms with Gasteiger partial charge >= 0.3 is 0 Å². The van der Waals surface area contributed by atoms with Gasteiger partial charge in [-0.05, 0) is 25.0 Å². The summed E-state index contributed by atoms with van der Waals surface area (Å²) in [6, 6.07) is 7.21. The van der Waals surface area contributed by atoms with Gasteiger partial charge in [-0.1, -0.05) is 23.5 Å². The highest BCUT2D eigenvalue weighted by molar-refractivity contribution is 7.17. The van der Waals surface area contributed by atoms with E-state index < -0.39 is 6.10 Å². The zero-order valence-electron chi connectivity index (χ0n) is 12.7. The Hall–Kier alpha value is -2.61. The fourth-order valence-electron chi connectivity index (χ4n) is 2.62. The van der Waals surface area contributed by atoms with Crippen molar-refractivity contribution >= 4 is 28.3 Å².